The molecule has 0 aromatic heterocycles. The quantitative estimate of drug-likeness (QED) is 0.694. The molecule has 4 saturated heterocycles. The van der Waals surface area contributed by atoms with E-state index >= 15 is 0 Å². The van der Waals surface area contributed by atoms with Crippen LogP contribution in [-0.2, 0) is 19.1 Å². The van der Waals surface area contributed by atoms with Gasteiger partial charge in [0.05, 0.1) is 17.9 Å². The topological polar surface area (TPSA) is 55.8 Å². The molecule has 0 bridgehead atoms. The predicted molar refractivity (Wildman–Crippen MR) is 83.6 cm³/mol. The van der Waals surface area contributed by atoms with Gasteiger partial charge in [-0.3, -0.25) is 14.5 Å². The van der Waals surface area contributed by atoms with Gasteiger partial charge in [0.2, 0.25) is 0 Å². The summed E-state index contributed by atoms with van der Waals surface area (Å²) in [5.41, 5.74) is -0.296. The Bertz CT molecular complexity index is 521. The molecular weight excluding hydrogens is 294 g/mol. The van der Waals surface area contributed by atoms with E-state index < -0.39 is 0 Å². The number of cyclic esters (lactones) is 1. The molecule has 23 heavy (non-hydrogen) atoms. The van der Waals surface area contributed by atoms with Crippen LogP contribution in [0.2, 0.25) is 0 Å². The molecular formula is C18H27NO4. The first-order valence-electron chi connectivity index (χ1n) is 9.19. The predicted octanol–water partition coefficient (Wildman–Crippen LogP) is 2.28. The summed E-state index contributed by atoms with van der Waals surface area (Å²) in [4.78, 5) is 26.4. The van der Waals surface area contributed by atoms with Crippen LogP contribution in [0, 0.1) is 11.8 Å². The highest BCUT2D eigenvalue weighted by molar-refractivity contribution is 5.75. The average Bonchev–Trinajstić information content (AvgIpc) is 3.11. The summed E-state index contributed by atoms with van der Waals surface area (Å²) in [7, 11) is 0. The summed E-state index contributed by atoms with van der Waals surface area (Å²) in [6.45, 7) is 4.98. The van der Waals surface area contributed by atoms with E-state index in [2.05, 4.69) is 4.90 Å². The second-order valence-corrected chi connectivity index (χ2v) is 8.06. The third-order valence-corrected chi connectivity index (χ3v) is 6.48. The zero-order chi connectivity index (χ0) is 16.2. The molecule has 0 aromatic carbocycles. The first-order chi connectivity index (χ1) is 11.0. The smallest absolute Gasteiger partial charge is 0.309 e. The van der Waals surface area contributed by atoms with E-state index in [1.165, 1.54) is 0 Å². The number of nitrogens with zero attached hydrogens (tertiary/aromatic N) is 1. The van der Waals surface area contributed by atoms with Crippen molar-refractivity contribution in [1.29, 1.82) is 0 Å². The molecule has 0 N–H and O–H groups in total. The minimum Gasteiger partial charge on any atom is -0.460 e. The van der Waals surface area contributed by atoms with Crippen LogP contribution in [0.25, 0.3) is 0 Å². The van der Waals surface area contributed by atoms with Gasteiger partial charge in [-0.05, 0) is 45.1 Å². The molecule has 4 heterocycles. The van der Waals surface area contributed by atoms with E-state index in [0.717, 1.165) is 51.5 Å². The molecule has 0 aromatic rings. The maximum Gasteiger partial charge on any atom is 0.309 e. The molecule has 0 aliphatic carbocycles. The number of hydrogen-bond donors (Lipinski definition) is 0. The highest BCUT2D eigenvalue weighted by Crippen LogP contribution is 2.48. The van der Waals surface area contributed by atoms with Gasteiger partial charge in [0.15, 0.2) is 0 Å². The Labute approximate surface area is 137 Å². The molecule has 1 spiro atoms. The standard InChI is InChI=1S/C18H27NO4/c1-11-9-14(22-16(11)20)13-5-6-15-18(7-3-4-8-19(13)15)10-12(2)17(21)23-18/h11-15H,3-10H2,1-2H3. The van der Waals surface area contributed by atoms with E-state index in [1.807, 2.05) is 13.8 Å². The van der Waals surface area contributed by atoms with Crippen molar-refractivity contribution in [2.75, 3.05) is 6.54 Å². The number of ether oxygens (including phenoxy) is 2. The van der Waals surface area contributed by atoms with Crippen LogP contribution in [-0.4, -0.2) is 47.2 Å². The lowest BCUT2D eigenvalue weighted by atomic mass is 9.83. The fraction of sp³-hybridized carbons (Fsp3) is 0.889. The van der Waals surface area contributed by atoms with Gasteiger partial charge in [0.1, 0.15) is 11.7 Å². The molecule has 0 radical (unpaired) electrons. The van der Waals surface area contributed by atoms with Crippen LogP contribution in [0.1, 0.15) is 58.8 Å². The largest absolute Gasteiger partial charge is 0.460 e. The summed E-state index contributed by atoms with van der Waals surface area (Å²) in [5.74, 6) is -0.0530. The number of carbonyl (C=O) groups excluding carboxylic acids is 2. The molecule has 4 rings (SSSR count). The van der Waals surface area contributed by atoms with E-state index in [-0.39, 0.29) is 35.5 Å². The van der Waals surface area contributed by atoms with Crippen molar-refractivity contribution in [2.45, 2.75) is 82.6 Å². The van der Waals surface area contributed by atoms with E-state index in [0.29, 0.717) is 12.1 Å². The van der Waals surface area contributed by atoms with Gasteiger partial charge in [0.25, 0.3) is 0 Å². The number of hydrogen-bond acceptors (Lipinski definition) is 5. The number of carbonyl (C=O) groups is 2. The zero-order valence-electron chi connectivity index (χ0n) is 14.1. The van der Waals surface area contributed by atoms with Gasteiger partial charge < -0.3 is 9.47 Å². The third-order valence-electron chi connectivity index (χ3n) is 6.48. The van der Waals surface area contributed by atoms with Crippen molar-refractivity contribution in [3.05, 3.63) is 0 Å². The van der Waals surface area contributed by atoms with E-state index in [1.54, 1.807) is 0 Å². The Balaban J connectivity index is 1.57. The SMILES string of the molecule is CC1CC(C2CCC3N2CCCCC32CC(C)C(=O)O2)OC1=O. The van der Waals surface area contributed by atoms with Gasteiger partial charge >= 0.3 is 11.9 Å². The lowest BCUT2D eigenvalue weighted by Crippen LogP contribution is -2.52. The van der Waals surface area contributed by atoms with Crippen molar-refractivity contribution in [1.82, 2.24) is 4.90 Å². The van der Waals surface area contributed by atoms with E-state index in [9.17, 15) is 9.59 Å². The van der Waals surface area contributed by atoms with Crippen molar-refractivity contribution >= 4 is 11.9 Å². The second-order valence-electron chi connectivity index (χ2n) is 8.06. The Kier molecular flexibility index (Phi) is 3.67. The molecule has 4 aliphatic heterocycles. The Morgan fingerprint density at radius 1 is 1.09 bits per heavy atom. The number of rotatable bonds is 1. The zero-order valence-corrected chi connectivity index (χ0v) is 14.1. The normalized spacial score (nSPS) is 47.5. The maximum atomic E-state index is 12.1. The fourth-order valence-corrected chi connectivity index (χ4v) is 5.36. The minimum atomic E-state index is -0.296. The van der Waals surface area contributed by atoms with E-state index in [4.69, 9.17) is 9.47 Å². The molecule has 128 valence electrons. The second kappa shape index (κ2) is 5.47. The van der Waals surface area contributed by atoms with Crippen LogP contribution in [0.15, 0.2) is 0 Å². The molecule has 5 nitrogen and oxygen atoms in total. The molecule has 0 saturated carbocycles. The van der Waals surface area contributed by atoms with Gasteiger partial charge in [-0.2, -0.15) is 0 Å². The van der Waals surface area contributed by atoms with Crippen molar-refractivity contribution < 1.29 is 19.1 Å². The lowest BCUT2D eigenvalue weighted by Gasteiger charge is -2.39. The molecule has 4 aliphatic rings. The van der Waals surface area contributed by atoms with Crippen LogP contribution in [0.3, 0.4) is 0 Å². The lowest BCUT2D eigenvalue weighted by molar-refractivity contribution is -0.156. The number of esters is 2. The van der Waals surface area contributed by atoms with Crippen LogP contribution >= 0.6 is 0 Å². The molecule has 5 heteroatoms. The van der Waals surface area contributed by atoms with Crippen molar-refractivity contribution in [3.63, 3.8) is 0 Å². The van der Waals surface area contributed by atoms with Gasteiger partial charge in [-0.25, -0.2) is 0 Å². The summed E-state index contributed by atoms with van der Waals surface area (Å²) < 4.78 is 11.6. The van der Waals surface area contributed by atoms with Gasteiger partial charge in [0, 0.05) is 12.5 Å². The highest BCUT2D eigenvalue weighted by atomic mass is 16.6. The summed E-state index contributed by atoms with van der Waals surface area (Å²) in [6.07, 6.45) is 7.02. The van der Waals surface area contributed by atoms with Crippen molar-refractivity contribution in [2.24, 2.45) is 11.8 Å². The monoisotopic (exact) mass is 321 g/mol. The first-order valence-corrected chi connectivity index (χ1v) is 9.19. The molecule has 0 amide bonds. The van der Waals surface area contributed by atoms with Crippen LogP contribution in [0.5, 0.6) is 0 Å². The van der Waals surface area contributed by atoms with Crippen molar-refractivity contribution in [3.8, 4) is 0 Å². The number of fused-ring (bicyclic) bond motifs is 2. The average molecular weight is 321 g/mol. The maximum absolute atomic E-state index is 12.1. The summed E-state index contributed by atoms with van der Waals surface area (Å²) in [5, 5.41) is 0. The minimum absolute atomic E-state index is 0.0123. The van der Waals surface area contributed by atoms with Gasteiger partial charge in [-0.15, -0.1) is 0 Å². The first kappa shape index (κ1) is 15.4. The Morgan fingerprint density at radius 2 is 1.91 bits per heavy atom. The van der Waals surface area contributed by atoms with Crippen LogP contribution < -0.4 is 0 Å². The molecule has 6 atom stereocenters. The highest BCUT2D eigenvalue weighted by Gasteiger charge is 2.57. The third kappa shape index (κ3) is 2.39. The summed E-state index contributed by atoms with van der Waals surface area (Å²) in [6, 6.07) is 0.608. The van der Waals surface area contributed by atoms with Crippen LogP contribution in [0.4, 0.5) is 0 Å². The van der Waals surface area contributed by atoms with Gasteiger partial charge in [-0.1, -0.05) is 13.8 Å². The molecule has 4 fully saturated rings. The summed E-state index contributed by atoms with van der Waals surface area (Å²) >= 11 is 0. The molecule has 6 unspecified atom stereocenters. The Morgan fingerprint density at radius 3 is 2.57 bits per heavy atom. The Hall–Kier alpha value is -1.10. The fourth-order valence-electron chi connectivity index (χ4n) is 5.36.